The van der Waals surface area contributed by atoms with Crippen molar-refractivity contribution in [3.63, 3.8) is 0 Å². The standard InChI is InChI=1S/C56H38N2/c1-4-15-44(16-5-1)53-52-25-12-13-38-57(52)56-50-22-11-10-21-49(50)54-48(23-14-24-51(54)55(53)56)43-32-30-41(31-33-43)39-26-28-40(29-27-39)42-34-36-47(37-35-42)58(45-17-6-2-7-18-45)46-19-8-3-9-20-46/h1-38H. The van der Waals surface area contributed by atoms with Crippen LogP contribution < -0.4 is 4.90 Å². The summed E-state index contributed by atoms with van der Waals surface area (Å²) in [5.74, 6) is 0. The average Bonchev–Trinajstić information content (AvgIpc) is 3.66. The zero-order valence-corrected chi connectivity index (χ0v) is 31.8. The minimum atomic E-state index is 1.13. The smallest absolute Gasteiger partial charge is 0.0620 e. The normalized spacial score (nSPS) is 11.4. The number of nitrogens with zero attached hydrogens (tertiary/aromatic N) is 2. The maximum atomic E-state index is 2.38. The van der Waals surface area contributed by atoms with Crippen molar-refractivity contribution < 1.29 is 0 Å². The molecule has 0 saturated heterocycles. The predicted octanol–water partition coefficient (Wildman–Crippen LogP) is 15.5. The molecule has 2 heterocycles. The van der Waals surface area contributed by atoms with Gasteiger partial charge in [-0.15, -0.1) is 0 Å². The van der Waals surface area contributed by atoms with Crippen LogP contribution in [0.5, 0.6) is 0 Å². The summed E-state index contributed by atoms with van der Waals surface area (Å²) in [7, 11) is 0. The van der Waals surface area contributed by atoms with Crippen LogP contribution in [0.3, 0.4) is 0 Å². The molecule has 0 aliphatic heterocycles. The van der Waals surface area contributed by atoms with E-state index in [0.29, 0.717) is 0 Å². The number of benzene rings is 9. The van der Waals surface area contributed by atoms with E-state index in [1.165, 1.54) is 82.5 Å². The fraction of sp³-hybridized carbons (Fsp3) is 0. The molecule has 0 aliphatic carbocycles. The summed E-state index contributed by atoms with van der Waals surface area (Å²) in [6.45, 7) is 0. The molecule has 2 aromatic heterocycles. The van der Waals surface area contributed by atoms with Gasteiger partial charge in [-0.1, -0.05) is 176 Å². The number of anilines is 3. The number of rotatable bonds is 7. The highest BCUT2D eigenvalue weighted by Crippen LogP contribution is 2.46. The van der Waals surface area contributed by atoms with Gasteiger partial charge < -0.3 is 9.30 Å². The largest absolute Gasteiger partial charge is 0.315 e. The van der Waals surface area contributed by atoms with Gasteiger partial charge in [0.2, 0.25) is 0 Å². The Morgan fingerprint density at radius 1 is 0.293 bits per heavy atom. The summed E-state index contributed by atoms with van der Waals surface area (Å²) in [6.07, 6.45) is 2.21. The summed E-state index contributed by atoms with van der Waals surface area (Å²) in [6, 6.07) is 81.1. The fourth-order valence-corrected chi connectivity index (χ4v) is 8.93. The first-order chi connectivity index (χ1) is 28.8. The van der Waals surface area contributed by atoms with E-state index in [1.54, 1.807) is 0 Å². The molecule has 58 heavy (non-hydrogen) atoms. The molecule has 2 nitrogen and oxygen atoms in total. The van der Waals surface area contributed by atoms with Crippen LogP contribution in [0.25, 0.3) is 82.5 Å². The zero-order valence-electron chi connectivity index (χ0n) is 31.8. The van der Waals surface area contributed by atoms with Crippen molar-refractivity contribution in [1.29, 1.82) is 0 Å². The molecule has 2 heteroatoms. The molecule has 0 N–H and O–H groups in total. The van der Waals surface area contributed by atoms with Crippen LogP contribution in [0.4, 0.5) is 17.1 Å². The first kappa shape index (κ1) is 33.6. The quantitative estimate of drug-likeness (QED) is 0.148. The van der Waals surface area contributed by atoms with E-state index in [2.05, 4.69) is 240 Å². The predicted molar refractivity (Wildman–Crippen MR) is 246 cm³/mol. The van der Waals surface area contributed by atoms with Gasteiger partial charge in [-0.3, -0.25) is 0 Å². The lowest BCUT2D eigenvalue weighted by Crippen LogP contribution is -2.09. The number of hydrogen-bond donors (Lipinski definition) is 0. The molecule has 0 spiro atoms. The molecule has 11 aromatic rings. The van der Waals surface area contributed by atoms with Crippen molar-refractivity contribution in [3.05, 3.63) is 231 Å². The number of hydrogen-bond acceptors (Lipinski definition) is 1. The Morgan fingerprint density at radius 2 is 0.759 bits per heavy atom. The Bertz CT molecular complexity index is 3180. The van der Waals surface area contributed by atoms with Crippen LogP contribution in [0.2, 0.25) is 0 Å². The monoisotopic (exact) mass is 738 g/mol. The maximum absolute atomic E-state index is 2.38. The first-order valence-electron chi connectivity index (χ1n) is 19.9. The Labute approximate surface area is 338 Å². The van der Waals surface area contributed by atoms with Gasteiger partial charge in [0.15, 0.2) is 0 Å². The van der Waals surface area contributed by atoms with Crippen molar-refractivity contribution in [2.45, 2.75) is 0 Å². The lowest BCUT2D eigenvalue weighted by molar-refractivity contribution is 1.26. The maximum Gasteiger partial charge on any atom is 0.0620 e. The molecule has 9 aromatic carbocycles. The van der Waals surface area contributed by atoms with Crippen molar-refractivity contribution in [2.75, 3.05) is 4.90 Å². The van der Waals surface area contributed by atoms with Crippen LogP contribution in [-0.2, 0) is 0 Å². The third-order valence-corrected chi connectivity index (χ3v) is 11.6. The Kier molecular flexibility index (Phi) is 8.19. The second-order valence-corrected chi connectivity index (χ2v) is 14.9. The minimum absolute atomic E-state index is 1.13. The van der Waals surface area contributed by atoms with E-state index in [0.717, 1.165) is 17.1 Å². The fourth-order valence-electron chi connectivity index (χ4n) is 8.93. The third-order valence-electron chi connectivity index (χ3n) is 11.6. The van der Waals surface area contributed by atoms with Crippen molar-refractivity contribution in [3.8, 4) is 44.5 Å². The van der Waals surface area contributed by atoms with Gasteiger partial charge >= 0.3 is 0 Å². The molecule has 11 rings (SSSR count). The van der Waals surface area contributed by atoms with E-state index >= 15 is 0 Å². The van der Waals surface area contributed by atoms with Crippen molar-refractivity contribution in [1.82, 2.24) is 4.40 Å². The first-order valence-corrected chi connectivity index (χ1v) is 19.9. The van der Waals surface area contributed by atoms with Crippen LogP contribution in [0.1, 0.15) is 0 Å². The number of aromatic nitrogens is 1. The van der Waals surface area contributed by atoms with Gasteiger partial charge in [-0.25, -0.2) is 0 Å². The van der Waals surface area contributed by atoms with E-state index in [-0.39, 0.29) is 0 Å². The Hall–Kier alpha value is -7.68. The van der Waals surface area contributed by atoms with E-state index in [4.69, 9.17) is 0 Å². The molecule has 0 unspecified atom stereocenters. The second kappa shape index (κ2) is 14.1. The highest BCUT2D eigenvalue weighted by Gasteiger charge is 2.21. The molecule has 0 fully saturated rings. The second-order valence-electron chi connectivity index (χ2n) is 14.9. The Morgan fingerprint density at radius 3 is 1.36 bits per heavy atom. The SMILES string of the molecule is c1ccc(-c2c3c4cccc(-c5ccc(-c6ccc(-c7ccc(N(c8ccccc8)c8ccccc8)cc7)cc6)cc5)c4c4ccccc4c3n3ccccc23)cc1. The summed E-state index contributed by atoms with van der Waals surface area (Å²) < 4.78 is 2.38. The van der Waals surface area contributed by atoms with Gasteiger partial charge in [-0.2, -0.15) is 0 Å². The topological polar surface area (TPSA) is 7.65 Å². The van der Waals surface area contributed by atoms with Gasteiger partial charge in [0.25, 0.3) is 0 Å². The van der Waals surface area contributed by atoms with Crippen LogP contribution >= 0.6 is 0 Å². The third kappa shape index (κ3) is 5.66. The lowest BCUT2D eigenvalue weighted by Gasteiger charge is -2.25. The lowest BCUT2D eigenvalue weighted by atomic mass is 9.89. The van der Waals surface area contributed by atoms with Gasteiger partial charge in [-0.05, 0) is 104 Å². The van der Waals surface area contributed by atoms with Crippen molar-refractivity contribution in [2.24, 2.45) is 0 Å². The summed E-state index contributed by atoms with van der Waals surface area (Å²) in [4.78, 5) is 2.29. The zero-order chi connectivity index (χ0) is 38.4. The number of pyridine rings is 1. The van der Waals surface area contributed by atoms with Gasteiger partial charge in [0.05, 0.1) is 11.0 Å². The molecular formula is C56H38N2. The molecule has 272 valence electrons. The average molecular weight is 739 g/mol. The highest BCUT2D eigenvalue weighted by atomic mass is 15.1. The molecular weight excluding hydrogens is 701 g/mol. The molecule has 0 amide bonds. The van der Waals surface area contributed by atoms with E-state index in [9.17, 15) is 0 Å². The van der Waals surface area contributed by atoms with Crippen molar-refractivity contribution >= 4 is 55.0 Å². The Balaban J connectivity index is 0.949. The summed E-state index contributed by atoms with van der Waals surface area (Å²) in [5.41, 5.74) is 15.6. The number of para-hydroxylation sites is 2. The molecule has 0 radical (unpaired) electrons. The summed E-state index contributed by atoms with van der Waals surface area (Å²) in [5, 5.41) is 6.39. The van der Waals surface area contributed by atoms with Gasteiger partial charge in [0.1, 0.15) is 0 Å². The molecule has 0 aliphatic rings. The van der Waals surface area contributed by atoms with Gasteiger partial charge in [0, 0.05) is 39.6 Å². The minimum Gasteiger partial charge on any atom is -0.315 e. The number of fused-ring (bicyclic) bond motifs is 8. The molecule has 0 bridgehead atoms. The summed E-state index contributed by atoms with van der Waals surface area (Å²) >= 11 is 0. The van der Waals surface area contributed by atoms with Crippen LogP contribution in [-0.4, -0.2) is 4.40 Å². The van der Waals surface area contributed by atoms with Crippen LogP contribution in [0.15, 0.2) is 231 Å². The van der Waals surface area contributed by atoms with Crippen LogP contribution in [0, 0.1) is 0 Å². The highest BCUT2D eigenvalue weighted by molar-refractivity contribution is 6.32. The molecule has 0 atom stereocenters. The van der Waals surface area contributed by atoms with E-state index in [1.807, 2.05) is 0 Å². The van der Waals surface area contributed by atoms with E-state index < -0.39 is 0 Å². The molecule has 0 saturated carbocycles.